The fourth-order valence-corrected chi connectivity index (χ4v) is 4.51. The Morgan fingerprint density at radius 1 is 1.24 bits per heavy atom. The molecule has 1 amide bonds. The normalized spacial score (nSPS) is 21.7. The van der Waals surface area contributed by atoms with Crippen LogP contribution in [0.25, 0.3) is 0 Å². The highest BCUT2D eigenvalue weighted by atomic mass is 79.9. The number of amides is 1. The van der Waals surface area contributed by atoms with Gasteiger partial charge in [0.1, 0.15) is 0 Å². The highest BCUT2D eigenvalue weighted by Gasteiger charge is 2.28. The molecule has 1 aromatic heterocycles. The molecule has 0 spiro atoms. The van der Waals surface area contributed by atoms with E-state index in [-0.39, 0.29) is 5.92 Å². The summed E-state index contributed by atoms with van der Waals surface area (Å²) in [7, 11) is 0. The Morgan fingerprint density at radius 2 is 1.95 bits per heavy atom. The van der Waals surface area contributed by atoms with Crippen molar-refractivity contribution in [2.75, 3.05) is 39.4 Å². The Bertz CT molecular complexity index is 480. The monoisotopic (exact) mass is 372 g/mol. The van der Waals surface area contributed by atoms with Gasteiger partial charge in [-0.1, -0.05) is 0 Å². The number of thiophene rings is 1. The second-order valence-corrected chi connectivity index (χ2v) is 8.24. The van der Waals surface area contributed by atoms with Crippen LogP contribution >= 0.6 is 27.3 Å². The van der Waals surface area contributed by atoms with E-state index in [2.05, 4.69) is 37.9 Å². The largest absolute Gasteiger partial charge is 0.381 e. The Balaban J connectivity index is 1.47. The van der Waals surface area contributed by atoms with Crippen LogP contribution in [0.4, 0.5) is 0 Å². The van der Waals surface area contributed by atoms with Crippen molar-refractivity contribution in [3.05, 3.63) is 20.8 Å². The highest BCUT2D eigenvalue weighted by Crippen LogP contribution is 2.24. The summed E-state index contributed by atoms with van der Waals surface area (Å²) in [4.78, 5) is 18.3. The quantitative estimate of drug-likeness (QED) is 0.817. The lowest BCUT2D eigenvalue weighted by Crippen LogP contribution is -2.50. The van der Waals surface area contributed by atoms with Gasteiger partial charge in [-0.25, -0.2) is 0 Å². The van der Waals surface area contributed by atoms with Crippen LogP contribution in [0.5, 0.6) is 0 Å². The number of ether oxygens (including phenoxy) is 1. The van der Waals surface area contributed by atoms with Crippen molar-refractivity contribution in [3.8, 4) is 0 Å². The van der Waals surface area contributed by atoms with E-state index in [9.17, 15) is 4.79 Å². The first-order chi connectivity index (χ1) is 10.2. The van der Waals surface area contributed by atoms with Crippen LogP contribution in [0.15, 0.2) is 15.9 Å². The molecule has 1 aromatic rings. The fraction of sp³-hybridized carbons (Fsp3) is 0.667. The number of hydrogen-bond donors (Lipinski definition) is 0. The van der Waals surface area contributed by atoms with E-state index < -0.39 is 0 Å². The van der Waals surface area contributed by atoms with Crippen molar-refractivity contribution < 1.29 is 9.53 Å². The Kier molecular flexibility index (Phi) is 5.32. The summed E-state index contributed by atoms with van der Waals surface area (Å²) in [5.41, 5.74) is 0. The maximum absolute atomic E-state index is 12.5. The zero-order chi connectivity index (χ0) is 14.7. The minimum absolute atomic E-state index is 0.193. The molecule has 0 bridgehead atoms. The summed E-state index contributed by atoms with van der Waals surface area (Å²) in [6.07, 6.45) is 1.78. The first kappa shape index (κ1) is 15.5. The fourth-order valence-electron chi connectivity index (χ4n) is 2.99. The Hall–Kier alpha value is -0.430. The molecule has 3 heterocycles. The number of halogens is 1. The molecule has 3 rings (SSSR count). The van der Waals surface area contributed by atoms with Crippen LogP contribution in [0.3, 0.4) is 0 Å². The number of carbonyl (C=O) groups excluding carboxylic acids is 1. The molecular weight excluding hydrogens is 352 g/mol. The van der Waals surface area contributed by atoms with Crippen molar-refractivity contribution in [2.45, 2.75) is 19.4 Å². The van der Waals surface area contributed by atoms with Crippen LogP contribution in [-0.2, 0) is 16.1 Å². The molecule has 0 aromatic carbocycles. The van der Waals surface area contributed by atoms with Gasteiger partial charge in [0.05, 0.1) is 3.79 Å². The molecule has 0 atom stereocenters. The molecule has 2 aliphatic rings. The summed E-state index contributed by atoms with van der Waals surface area (Å²) < 4.78 is 6.53. The van der Waals surface area contributed by atoms with Crippen LogP contribution in [0.2, 0.25) is 0 Å². The van der Waals surface area contributed by atoms with Gasteiger partial charge in [0.2, 0.25) is 5.91 Å². The van der Waals surface area contributed by atoms with Gasteiger partial charge < -0.3 is 9.64 Å². The lowest BCUT2D eigenvalue weighted by atomic mass is 9.98. The minimum Gasteiger partial charge on any atom is -0.381 e. The summed E-state index contributed by atoms with van der Waals surface area (Å²) >= 11 is 5.30. The van der Waals surface area contributed by atoms with E-state index in [1.165, 1.54) is 8.66 Å². The first-order valence-electron chi connectivity index (χ1n) is 7.55. The topological polar surface area (TPSA) is 32.8 Å². The van der Waals surface area contributed by atoms with Crippen molar-refractivity contribution in [1.82, 2.24) is 9.80 Å². The van der Waals surface area contributed by atoms with Crippen molar-refractivity contribution in [3.63, 3.8) is 0 Å². The van der Waals surface area contributed by atoms with E-state index in [1.54, 1.807) is 11.3 Å². The molecule has 21 heavy (non-hydrogen) atoms. The minimum atomic E-state index is 0.193. The highest BCUT2D eigenvalue weighted by molar-refractivity contribution is 9.11. The van der Waals surface area contributed by atoms with E-state index in [1.807, 2.05) is 0 Å². The van der Waals surface area contributed by atoms with Crippen LogP contribution < -0.4 is 0 Å². The molecule has 116 valence electrons. The van der Waals surface area contributed by atoms with Crippen LogP contribution in [0.1, 0.15) is 17.7 Å². The summed E-state index contributed by atoms with van der Waals surface area (Å²) in [6.45, 7) is 6.16. The van der Waals surface area contributed by atoms with Gasteiger partial charge in [0.15, 0.2) is 0 Å². The predicted molar refractivity (Wildman–Crippen MR) is 87.4 cm³/mol. The van der Waals surface area contributed by atoms with Gasteiger partial charge in [-0.3, -0.25) is 9.69 Å². The summed E-state index contributed by atoms with van der Waals surface area (Å²) in [6, 6.07) is 4.28. The second-order valence-electron chi connectivity index (χ2n) is 5.69. The number of piperazine rings is 1. The lowest BCUT2D eigenvalue weighted by molar-refractivity contribution is -0.140. The average molecular weight is 373 g/mol. The van der Waals surface area contributed by atoms with E-state index in [0.29, 0.717) is 5.91 Å². The average Bonchev–Trinajstić information content (AvgIpc) is 2.93. The lowest BCUT2D eigenvalue weighted by Gasteiger charge is -2.37. The standard InChI is InChI=1S/C15H21BrN2O2S/c16-14-2-1-13(21-14)11-17-5-7-18(8-6-17)15(19)12-3-9-20-10-4-12/h1-2,12H,3-11H2. The zero-order valence-electron chi connectivity index (χ0n) is 12.1. The summed E-state index contributed by atoms with van der Waals surface area (Å²) in [5.74, 6) is 0.537. The second kappa shape index (κ2) is 7.22. The van der Waals surface area contributed by atoms with Gasteiger partial charge in [-0.15, -0.1) is 11.3 Å². The zero-order valence-corrected chi connectivity index (χ0v) is 14.5. The van der Waals surface area contributed by atoms with E-state index in [0.717, 1.165) is 58.8 Å². The van der Waals surface area contributed by atoms with Gasteiger partial charge in [0, 0.05) is 56.7 Å². The molecule has 2 fully saturated rings. The number of nitrogens with zero attached hydrogens (tertiary/aromatic N) is 2. The van der Waals surface area contributed by atoms with E-state index >= 15 is 0 Å². The van der Waals surface area contributed by atoms with Gasteiger partial charge in [-0.05, 0) is 40.9 Å². The molecule has 0 saturated carbocycles. The molecule has 2 aliphatic heterocycles. The maximum atomic E-state index is 12.5. The number of rotatable bonds is 3. The van der Waals surface area contributed by atoms with Crippen molar-refractivity contribution in [2.24, 2.45) is 5.92 Å². The molecule has 4 nitrogen and oxygen atoms in total. The predicted octanol–water partition coefficient (Wildman–Crippen LogP) is 2.58. The van der Waals surface area contributed by atoms with Gasteiger partial charge >= 0.3 is 0 Å². The SMILES string of the molecule is O=C(C1CCOCC1)N1CCN(Cc2ccc(Br)s2)CC1. The third kappa shape index (κ3) is 4.06. The van der Waals surface area contributed by atoms with Crippen LogP contribution in [-0.4, -0.2) is 55.1 Å². The van der Waals surface area contributed by atoms with Crippen LogP contribution in [0, 0.1) is 5.92 Å². The molecule has 0 aliphatic carbocycles. The molecule has 0 radical (unpaired) electrons. The third-order valence-electron chi connectivity index (χ3n) is 4.26. The molecule has 0 N–H and O–H groups in total. The Morgan fingerprint density at radius 3 is 2.57 bits per heavy atom. The smallest absolute Gasteiger partial charge is 0.225 e. The maximum Gasteiger partial charge on any atom is 0.225 e. The third-order valence-corrected chi connectivity index (χ3v) is 5.87. The Labute approximate surface area is 138 Å². The van der Waals surface area contributed by atoms with Crippen molar-refractivity contribution >= 4 is 33.2 Å². The summed E-state index contributed by atoms with van der Waals surface area (Å²) in [5, 5.41) is 0. The molecule has 6 heteroatoms. The van der Waals surface area contributed by atoms with E-state index in [4.69, 9.17) is 4.74 Å². The number of hydrogen-bond acceptors (Lipinski definition) is 4. The first-order valence-corrected chi connectivity index (χ1v) is 9.16. The van der Waals surface area contributed by atoms with Gasteiger partial charge in [-0.2, -0.15) is 0 Å². The van der Waals surface area contributed by atoms with Gasteiger partial charge in [0.25, 0.3) is 0 Å². The molecule has 0 unspecified atom stereocenters. The number of carbonyl (C=O) groups is 1. The van der Waals surface area contributed by atoms with Crippen molar-refractivity contribution in [1.29, 1.82) is 0 Å². The molecule has 2 saturated heterocycles. The molecular formula is C15H21BrN2O2S.